The summed E-state index contributed by atoms with van der Waals surface area (Å²) in [7, 11) is 1.33. The highest BCUT2D eigenvalue weighted by Crippen LogP contribution is 2.37. The van der Waals surface area contributed by atoms with Crippen molar-refractivity contribution < 1.29 is 14.2 Å². The molecule has 1 fully saturated rings. The van der Waals surface area contributed by atoms with Crippen molar-refractivity contribution in [2.45, 2.75) is 19.3 Å². The number of phenols is 1. The summed E-state index contributed by atoms with van der Waals surface area (Å²) in [5.74, 6) is -0.807. The van der Waals surface area contributed by atoms with Crippen LogP contribution in [0.5, 0.6) is 11.5 Å². The number of aromatic hydroxyl groups is 1. The highest BCUT2D eigenvalue weighted by Gasteiger charge is 2.21. The fourth-order valence-corrected chi connectivity index (χ4v) is 2.68. The van der Waals surface area contributed by atoms with E-state index in [4.69, 9.17) is 16.3 Å². The maximum Gasteiger partial charge on any atom is 0.208 e. The predicted molar refractivity (Wildman–Crippen MR) is 68.9 cm³/mol. The van der Waals surface area contributed by atoms with Crippen molar-refractivity contribution in [2.75, 3.05) is 20.2 Å². The summed E-state index contributed by atoms with van der Waals surface area (Å²) >= 11 is 5.93. The Morgan fingerprint density at radius 3 is 3.00 bits per heavy atom. The van der Waals surface area contributed by atoms with Gasteiger partial charge < -0.3 is 15.2 Å². The first-order valence-electron chi connectivity index (χ1n) is 6.08. The molecule has 1 aromatic carbocycles. The van der Waals surface area contributed by atoms with Gasteiger partial charge in [-0.2, -0.15) is 4.39 Å². The first-order chi connectivity index (χ1) is 8.63. The molecule has 0 bridgehead atoms. The van der Waals surface area contributed by atoms with Crippen LogP contribution in [-0.4, -0.2) is 25.3 Å². The standard InChI is InChI=1S/C13H17ClFNO2/c1-18-13-10(14)6-9(12(17)11(13)15)5-8-3-2-4-16-7-8/h6,8,16-17H,2-5,7H2,1H3. The second-order valence-corrected chi connectivity index (χ2v) is 5.04. The van der Waals surface area contributed by atoms with Crippen LogP contribution in [0.25, 0.3) is 0 Å². The third kappa shape index (κ3) is 2.70. The molecule has 5 heteroatoms. The molecule has 0 saturated carbocycles. The maximum atomic E-state index is 13.8. The summed E-state index contributed by atoms with van der Waals surface area (Å²) in [5.41, 5.74) is 0.548. The molecule has 1 aliphatic rings. The number of rotatable bonds is 3. The molecular formula is C13H17ClFNO2. The van der Waals surface area contributed by atoms with Crippen LogP contribution < -0.4 is 10.1 Å². The van der Waals surface area contributed by atoms with Crippen LogP contribution in [-0.2, 0) is 6.42 Å². The molecule has 1 aliphatic heterocycles. The van der Waals surface area contributed by atoms with Gasteiger partial charge in [0.05, 0.1) is 12.1 Å². The van der Waals surface area contributed by atoms with E-state index in [2.05, 4.69) is 5.32 Å². The Kier molecular flexibility index (Phi) is 4.30. The van der Waals surface area contributed by atoms with Crippen molar-refractivity contribution in [1.82, 2.24) is 5.32 Å². The number of halogens is 2. The van der Waals surface area contributed by atoms with E-state index in [1.54, 1.807) is 6.07 Å². The van der Waals surface area contributed by atoms with Crippen LogP contribution in [0.15, 0.2) is 6.07 Å². The van der Waals surface area contributed by atoms with E-state index in [-0.39, 0.29) is 16.5 Å². The van der Waals surface area contributed by atoms with E-state index in [1.165, 1.54) is 7.11 Å². The van der Waals surface area contributed by atoms with Crippen LogP contribution in [0.4, 0.5) is 4.39 Å². The number of methoxy groups -OCH3 is 1. The third-order valence-corrected chi connectivity index (χ3v) is 3.62. The Morgan fingerprint density at radius 1 is 1.61 bits per heavy atom. The number of piperidine rings is 1. The first-order valence-corrected chi connectivity index (χ1v) is 6.45. The Morgan fingerprint density at radius 2 is 2.39 bits per heavy atom. The van der Waals surface area contributed by atoms with Gasteiger partial charge in [-0.05, 0) is 49.9 Å². The Hall–Kier alpha value is -1.00. The van der Waals surface area contributed by atoms with Crippen molar-refractivity contribution >= 4 is 11.6 Å². The van der Waals surface area contributed by atoms with Crippen molar-refractivity contribution in [3.63, 3.8) is 0 Å². The fraction of sp³-hybridized carbons (Fsp3) is 0.538. The molecular weight excluding hydrogens is 257 g/mol. The molecule has 3 nitrogen and oxygen atoms in total. The second kappa shape index (κ2) is 5.76. The van der Waals surface area contributed by atoms with Crippen LogP contribution in [0.1, 0.15) is 18.4 Å². The lowest BCUT2D eigenvalue weighted by molar-refractivity contribution is 0.350. The predicted octanol–water partition coefficient (Wildman–Crippen LogP) is 2.74. The Labute approximate surface area is 111 Å². The normalized spacial score (nSPS) is 19.8. The summed E-state index contributed by atoms with van der Waals surface area (Å²) in [5, 5.41) is 13.3. The van der Waals surface area contributed by atoms with Gasteiger partial charge in [0.2, 0.25) is 5.82 Å². The second-order valence-electron chi connectivity index (χ2n) is 4.63. The molecule has 0 aliphatic carbocycles. The van der Waals surface area contributed by atoms with E-state index in [0.717, 1.165) is 25.9 Å². The Bertz CT molecular complexity index is 433. The first kappa shape index (κ1) is 13.4. The van der Waals surface area contributed by atoms with Crippen LogP contribution >= 0.6 is 11.6 Å². The van der Waals surface area contributed by atoms with E-state index in [1.807, 2.05) is 0 Å². The molecule has 0 amide bonds. The smallest absolute Gasteiger partial charge is 0.208 e. The topological polar surface area (TPSA) is 41.5 Å². The largest absolute Gasteiger partial charge is 0.505 e. The Balaban J connectivity index is 2.22. The highest BCUT2D eigenvalue weighted by atomic mass is 35.5. The zero-order valence-electron chi connectivity index (χ0n) is 10.3. The van der Waals surface area contributed by atoms with Gasteiger partial charge in [0.25, 0.3) is 0 Å². The number of phenolic OH excluding ortho intramolecular Hbond substituents is 1. The summed E-state index contributed by atoms with van der Waals surface area (Å²) in [6, 6.07) is 1.59. The van der Waals surface area contributed by atoms with Gasteiger partial charge >= 0.3 is 0 Å². The monoisotopic (exact) mass is 273 g/mol. The molecule has 0 radical (unpaired) electrons. The highest BCUT2D eigenvalue weighted by molar-refractivity contribution is 6.32. The van der Waals surface area contributed by atoms with Gasteiger partial charge in [-0.15, -0.1) is 0 Å². The summed E-state index contributed by atoms with van der Waals surface area (Å²) < 4.78 is 18.6. The van der Waals surface area contributed by atoms with E-state index in [0.29, 0.717) is 17.9 Å². The molecule has 1 aromatic rings. The van der Waals surface area contributed by atoms with E-state index < -0.39 is 5.82 Å². The van der Waals surface area contributed by atoms with Crippen LogP contribution in [0.3, 0.4) is 0 Å². The lowest BCUT2D eigenvalue weighted by Crippen LogP contribution is -2.30. The average Bonchev–Trinajstić information content (AvgIpc) is 2.37. The lowest BCUT2D eigenvalue weighted by Gasteiger charge is -2.23. The summed E-state index contributed by atoms with van der Waals surface area (Å²) in [6.45, 7) is 1.92. The number of nitrogens with one attached hydrogen (secondary N) is 1. The van der Waals surface area contributed by atoms with Crippen molar-refractivity contribution in [3.05, 3.63) is 22.5 Å². The van der Waals surface area contributed by atoms with Gasteiger partial charge in [-0.25, -0.2) is 0 Å². The lowest BCUT2D eigenvalue weighted by atomic mass is 9.92. The molecule has 1 atom stereocenters. The molecule has 1 heterocycles. The quantitative estimate of drug-likeness (QED) is 0.890. The number of ether oxygens (including phenoxy) is 1. The minimum absolute atomic E-state index is 0.0975. The maximum absolute atomic E-state index is 13.8. The minimum Gasteiger partial charge on any atom is -0.505 e. The zero-order chi connectivity index (χ0) is 13.1. The van der Waals surface area contributed by atoms with Gasteiger partial charge in [0.1, 0.15) is 0 Å². The molecule has 2 rings (SSSR count). The average molecular weight is 274 g/mol. The van der Waals surface area contributed by atoms with E-state index in [9.17, 15) is 9.50 Å². The molecule has 1 saturated heterocycles. The van der Waals surface area contributed by atoms with Gasteiger partial charge in [0.15, 0.2) is 11.5 Å². The van der Waals surface area contributed by atoms with Crippen LogP contribution in [0, 0.1) is 11.7 Å². The fourth-order valence-electron chi connectivity index (χ4n) is 2.39. The minimum atomic E-state index is -0.774. The molecule has 18 heavy (non-hydrogen) atoms. The van der Waals surface area contributed by atoms with Gasteiger partial charge in [-0.1, -0.05) is 11.6 Å². The number of hydrogen-bond acceptors (Lipinski definition) is 3. The van der Waals surface area contributed by atoms with E-state index >= 15 is 0 Å². The van der Waals surface area contributed by atoms with Crippen LogP contribution in [0.2, 0.25) is 5.02 Å². The third-order valence-electron chi connectivity index (χ3n) is 3.34. The molecule has 0 aromatic heterocycles. The molecule has 0 spiro atoms. The number of hydrogen-bond donors (Lipinski definition) is 2. The number of benzene rings is 1. The molecule has 2 N–H and O–H groups in total. The summed E-state index contributed by atoms with van der Waals surface area (Å²) in [6.07, 6.45) is 2.81. The zero-order valence-corrected chi connectivity index (χ0v) is 11.1. The van der Waals surface area contributed by atoms with Gasteiger partial charge in [-0.3, -0.25) is 0 Å². The van der Waals surface area contributed by atoms with Crippen molar-refractivity contribution in [3.8, 4) is 11.5 Å². The van der Waals surface area contributed by atoms with Crippen molar-refractivity contribution in [2.24, 2.45) is 5.92 Å². The van der Waals surface area contributed by atoms with Crippen molar-refractivity contribution in [1.29, 1.82) is 0 Å². The molecule has 1 unspecified atom stereocenters. The SMILES string of the molecule is COc1c(Cl)cc(CC2CCCNC2)c(O)c1F. The van der Waals surface area contributed by atoms with Gasteiger partial charge in [0, 0.05) is 0 Å². The summed E-state index contributed by atoms with van der Waals surface area (Å²) in [4.78, 5) is 0. The molecule has 100 valence electrons.